The number of nitrogens with one attached hydrogen (secondary N) is 1. The van der Waals surface area contributed by atoms with Crippen molar-refractivity contribution in [3.8, 4) is 5.75 Å². The molecule has 0 amide bonds. The summed E-state index contributed by atoms with van der Waals surface area (Å²) in [5.74, 6) is 0.894. The average Bonchev–Trinajstić information content (AvgIpc) is 2.04. The third-order valence-electron chi connectivity index (χ3n) is 1.68. The molecule has 1 heterocycles. The molecule has 0 spiro atoms. The summed E-state index contributed by atoms with van der Waals surface area (Å²) in [7, 11) is 0. The van der Waals surface area contributed by atoms with Crippen molar-refractivity contribution in [3.63, 3.8) is 0 Å². The molecule has 0 bridgehead atoms. The number of hydrogen-bond donors (Lipinski definition) is 2. The molecule has 1 aromatic rings. The average molecular weight is 187 g/mol. The van der Waals surface area contributed by atoms with Crippen LogP contribution in [-0.2, 0) is 0 Å². The van der Waals surface area contributed by atoms with Crippen LogP contribution in [0.15, 0.2) is 18.2 Å². The summed E-state index contributed by atoms with van der Waals surface area (Å²) in [4.78, 5) is 0. The Morgan fingerprint density at radius 3 is 3.08 bits per heavy atom. The van der Waals surface area contributed by atoms with E-state index in [0.717, 1.165) is 30.3 Å². The molecule has 12 heavy (non-hydrogen) atoms. The lowest BCUT2D eigenvalue weighted by Gasteiger charge is -2.18. The van der Waals surface area contributed by atoms with Gasteiger partial charge in [0, 0.05) is 12.2 Å². The van der Waals surface area contributed by atoms with Crippen LogP contribution >= 0.6 is 12.4 Å². The zero-order valence-corrected chi connectivity index (χ0v) is 7.36. The van der Waals surface area contributed by atoms with E-state index in [1.807, 2.05) is 18.2 Å². The van der Waals surface area contributed by atoms with E-state index in [9.17, 15) is 0 Å². The molecule has 1 aliphatic heterocycles. The Morgan fingerprint density at radius 1 is 1.42 bits per heavy atom. The molecule has 4 heteroatoms. The first-order chi connectivity index (χ1) is 5.36. The van der Waals surface area contributed by atoms with Crippen LogP contribution in [0.1, 0.15) is 0 Å². The number of fused-ring (bicyclic) bond motifs is 1. The molecule has 3 nitrogen and oxygen atoms in total. The number of halogens is 1. The van der Waals surface area contributed by atoms with E-state index < -0.39 is 0 Å². The fraction of sp³-hybridized carbons (Fsp3) is 0.250. The van der Waals surface area contributed by atoms with Gasteiger partial charge in [-0.25, -0.2) is 0 Å². The number of ether oxygens (including phenoxy) is 1. The standard InChI is InChI=1S/C8H10N2O.ClH/c9-6-1-2-8-7(5-6)10-3-4-11-8;/h1-2,5,10H,3-4,9H2;1H. The first-order valence-corrected chi connectivity index (χ1v) is 3.62. The molecule has 0 radical (unpaired) electrons. The maximum absolute atomic E-state index is 5.59. The molecule has 0 unspecified atom stereocenters. The van der Waals surface area contributed by atoms with Gasteiger partial charge in [0.25, 0.3) is 0 Å². The fourth-order valence-electron chi connectivity index (χ4n) is 1.16. The molecule has 2 rings (SSSR count). The molecule has 1 aliphatic rings. The largest absolute Gasteiger partial charge is 0.490 e. The number of nitrogen functional groups attached to an aromatic ring is 1. The molecule has 0 saturated heterocycles. The molecule has 3 N–H and O–H groups in total. The van der Waals surface area contributed by atoms with Gasteiger partial charge < -0.3 is 15.8 Å². The highest BCUT2D eigenvalue weighted by molar-refractivity contribution is 5.85. The third-order valence-corrected chi connectivity index (χ3v) is 1.68. The van der Waals surface area contributed by atoms with Gasteiger partial charge in [-0.15, -0.1) is 12.4 Å². The Labute approximate surface area is 77.3 Å². The molecular formula is C8H11ClN2O. The first kappa shape index (κ1) is 9.00. The van der Waals surface area contributed by atoms with Crippen molar-refractivity contribution in [1.82, 2.24) is 0 Å². The van der Waals surface area contributed by atoms with Crippen LogP contribution in [-0.4, -0.2) is 13.2 Å². The SMILES string of the molecule is Cl.Nc1ccc2c(c1)NCCO2. The van der Waals surface area contributed by atoms with Gasteiger partial charge in [0.05, 0.1) is 5.69 Å². The lowest BCUT2D eigenvalue weighted by atomic mass is 10.2. The number of nitrogens with two attached hydrogens (primary N) is 1. The Morgan fingerprint density at radius 2 is 2.25 bits per heavy atom. The number of hydrogen-bond acceptors (Lipinski definition) is 3. The van der Waals surface area contributed by atoms with Crippen molar-refractivity contribution >= 4 is 23.8 Å². The van der Waals surface area contributed by atoms with Crippen LogP contribution in [0.5, 0.6) is 5.75 Å². The maximum atomic E-state index is 5.59. The smallest absolute Gasteiger partial charge is 0.142 e. The number of rotatable bonds is 0. The van der Waals surface area contributed by atoms with Crippen LogP contribution in [0.4, 0.5) is 11.4 Å². The third kappa shape index (κ3) is 1.56. The predicted molar refractivity (Wildman–Crippen MR) is 52.1 cm³/mol. The second-order valence-electron chi connectivity index (χ2n) is 2.53. The quantitative estimate of drug-likeness (QED) is 0.604. The molecule has 1 aromatic carbocycles. The second-order valence-corrected chi connectivity index (χ2v) is 2.53. The lowest BCUT2D eigenvalue weighted by Crippen LogP contribution is -2.17. The van der Waals surface area contributed by atoms with Gasteiger partial charge >= 0.3 is 0 Å². The molecule has 0 aliphatic carbocycles. The Bertz CT molecular complexity index is 278. The maximum Gasteiger partial charge on any atom is 0.142 e. The summed E-state index contributed by atoms with van der Waals surface area (Å²) in [5, 5.41) is 3.20. The summed E-state index contributed by atoms with van der Waals surface area (Å²) in [6, 6.07) is 5.61. The molecule has 0 saturated carbocycles. The Kier molecular flexibility index (Phi) is 2.65. The zero-order chi connectivity index (χ0) is 7.68. The van der Waals surface area contributed by atoms with Gasteiger partial charge in [-0.05, 0) is 18.2 Å². The van der Waals surface area contributed by atoms with Gasteiger partial charge in [-0.3, -0.25) is 0 Å². The van der Waals surface area contributed by atoms with E-state index in [1.54, 1.807) is 0 Å². The fourth-order valence-corrected chi connectivity index (χ4v) is 1.16. The van der Waals surface area contributed by atoms with E-state index in [4.69, 9.17) is 10.5 Å². The van der Waals surface area contributed by atoms with Crippen molar-refractivity contribution in [2.45, 2.75) is 0 Å². The van der Waals surface area contributed by atoms with Crippen molar-refractivity contribution in [1.29, 1.82) is 0 Å². The summed E-state index contributed by atoms with van der Waals surface area (Å²) in [6.07, 6.45) is 0. The highest BCUT2D eigenvalue weighted by atomic mass is 35.5. The monoisotopic (exact) mass is 186 g/mol. The summed E-state index contributed by atoms with van der Waals surface area (Å²) in [5.41, 5.74) is 7.35. The van der Waals surface area contributed by atoms with E-state index in [2.05, 4.69) is 5.32 Å². The van der Waals surface area contributed by atoms with E-state index in [1.165, 1.54) is 0 Å². The van der Waals surface area contributed by atoms with Crippen LogP contribution < -0.4 is 15.8 Å². The highest BCUT2D eigenvalue weighted by Crippen LogP contribution is 2.28. The topological polar surface area (TPSA) is 47.3 Å². The number of benzene rings is 1. The van der Waals surface area contributed by atoms with Gasteiger partial charge in [-0.2, -0.15) is 0 Å². The van der Waals surface area contributed by atoms with Gasteiger partial charge in [0.1, 0.15) is 12.4 Å². The van der Waals surface area contributed by atoms with E-state index in [-0.39, 0.29) is 12.4 Å². The Hall–Kier alpha value is -1.09. The lowest BCUT2D eigenvalue weighted by molar-refractivity contribution is 0.323. The van der Waals surface area contributed by atoms with Crippen LogP contribution in [0, 0.1) is 0 Å². The number of anilines is 2. The van der Waals surface area contributed by atoms with Crippen LogP contribution in [0.25, 0.3) is 0 Å². The van der Waals surface area contributed by atoms with Crippen molar-refractivity contribution in [2.24, 2.45) is 0 Å². The molecular weight excluding hydrogens is 176 g/mol. The highest BCUT2D eigenvalue weighted by Gasteiger charge is 2.07. The van der Waals surface area contributed by atoms with Crippen molar-refractivity contribution in [3.05, 3.63) is 18.2 Å². The zero-order valence-electron chi connectivity index (χ0n) is 6.54. The van der Waals surface area contributed by atoms with Crippen molar-refractivity contribution in [2.75, 3.05) is 24.2 Å². The van der Waals surface area contributed by atoms with Gasteiger partial charge in [0.2, 0.25) is 0 Å². The normalized spacial score (nSPS) is 13.3. The molecule has 0 atom stereocenters. The predicted octanol–water partition coefficient (Wildman–Crippen LogP) is 1.49. The molecule has 0 aromatic heterocycles. The second kappa shape index (κ2) is 3.54. The first-order valence-electron chi connectivity index (χ1n) is 3.62. The molecule has 0 fully saturated rings. The summed E-state index contributed by atoms with van der Waals surface area (Å²) < 4.78 is 5.36. The van der Waals surface area contributed by atoms with E-state index in [0.29, 0.717) is 0 Å². The van der Waals surface area contributed by atoms with Crippen LogP contribution in [0.2, 0.25) is 0 Å². The minimum absolute atomic E-state index is 0. The Balaban J connectivity index is 0.000000720. The van der Waals surface area contributed by atoms with E-state index >= 15 is 0 Å². The minimum Gasteiger partial charge on any atom is -0.490 e. The van der Waals surface area contributed by atoms with Crippen LogP contribution in [0.3, 0.4) is 0 Å². The van der Waals surface area contributed by atoms with Gasteiger partial charge in [0.15, 0.2) is 0 Å². The molecule has 66 valence electrons. The van der Waals surface area contributed by atoms with Crippen molar-refractivity contribution < 1.29 is 4.74 Å². The van der Waals surface area contributed by atoms with Gasteiger partial charge in [-0.1, -0.05) is 0 Å². The minimum atomic E-state index is 0. The summed E-state index contributed by atoms with van der Waals surface area (Å²) >= 11 is 0. The summed E-state index contributed by atoms with van der Waals surface area (Å²) in [6.45, 7) is 1.59.